The molecule has 0 atom stereocenters. The van der Waals surface area contributed by atoms with Crippen molar-refractivity contribution in [3.05, 3.63) is 60.2 Å². The van der Waals surface area contributed by atoms with Crippen LogP contribution in [0.1, 0.15) is 24.7 Å². The second-order valence-electron chi connectivity index (χ2n) is 7.05. The molecule has 1 aromatic heterocycles. The van der Waals surface area contributed by atoms with Crippen molar-refractivity contribution in [3.63, 3.8) is 0 Å². The van der Waals surface area contributed by atoms with Gasteiger partial charge in [-0.1, -0.05) is 24.3 Å². The highest BCUT2D eigenvalue weighted by atomic mass is 19.1. The SMILES string of the molecule is O=C(COc1ccccc1F)OCC(=O)N1CCC(c2nc3ccccc3o2)CC1. The number of amides is 1. The molecule has 156 valence electrons. The first kappa shape index (κ1) is 19.9. The summed E-state index contributed by atoms with van der Waals surface area (Å²) in [5.74, 6) is -0.762. The fourth-order valence-electron chi connectivity index (χ4n) is 3.41. The highest BCUT2D eigenvalue weighted by Crippen LogP contribution is 2.29. The number of esters is 1. The average Bonchev–Trinajstić information content (AvgIpc) is 3.21. The monoisotopic (exact) mass is 412 g/mol. The first-order valence-electron chi connectivity index (χ1n) is 9.76. The van der Waals surface area contributed by atoms with Crippen molar-refractivity contribution in [2.75, 3.05) is 26.3 Å². The maximum absolute atomic E-state index is 13.5. The van der Waals surface area contributed by atoms with E-state index in [1.807, 2.05) is 24.3 Å². The fourth-order valence-corrected chi connectivity index (χ4v) is 3.41. The van der Waals surface area contributed by atoms with E-state index in [9.17, 15) is 14.0 Å². The zero-order chi connectivity index (χ0) is 20.9. The van der Waals surface area contributed by atoms with Crippen LogP contribution in [0.2, 0.25) is 0 Å². The molecule has 7 nitrogen and oxygen atoms in total. The maximum Gasteiger partial charge on any atom is 0.344 e. The minimum absolute atomic E-state index is 0.0398. The second kappa shape index (κ2) is 8.94. The van der Waals surface area contributed by atoms with Crippen molar-refractivity contribution in [1.29, 1.82) is 0 Å². The number of carbonyl (C=O) groups excluding carboxylic acids is 2. The molecule has 2 aromatic carbocycles. The first-order chi connectivity index (χ1) is 14.6. The van der Waals surface area contributed by atoms with Gasteiger partial charge in [0.05, 0.1) is 0 Å². The quantitative estimate of drug-likeness (QED) is 0.578. The highest BCUT2D eigenvalue weighted by Gasteiger charge is 2.27. The summed E-state index contributed by atoms with van der Waals surface area (Å²) in [7, 11) is 0. The minimum Gasteiger partial charge on any atom is -0.479 e. The molecule has 0 N–H and O–H groups in total. The number of halogens is 1. The molecule has 0 radical (unpaired) electrons. The van der Waals surface area contributed by atoms with Crippen molar-refractivity contribution < 1.29 is 27.9 Å². The summed E-state index contributed by atoms with van der Waals surface area (Å²) < 4.78 is 29.3. The zero-order valence-corrected chi connectivity index (χ0v) is 16.3. The van der Waals surface area contributed by atoms with Gasteiger partial charge in [-0.3, -0.25) is 4.79 Å². The van der Waals surface area contributed by atoms with E-state index in [-0.39, 0.29) is 24.2 Å². The van der Waals surface area contributed by atoms with Crippen LogP contribution >= 0.6 is 0 Å². The van der Waals surface area contributed by atoms with Gasteiger partial charge < -0.3 is 18.8 Å². The number of aromatic nitrogens is 1. The van der Waals surface area contributed by atoms with Crippen LogP contribution in [0.25, 0.3) is 11.1 Å². The van der Waals surface area contributed by atoms with Crippen LogP contribution in [0.4, 0.5) is 4.39 Å². The van der Waals surface area contributed by atoms with Crippen molar-refractivity contribution in [2.45, 2.75) is 18.8 Å². The van der Waals surface area contributed by atoms with Crippen molar-refractivity contribution in [1.82, 2.24) is 9.88 Å². The van der Waals surface area contributed by atoms with E-state index in [1.54, 1.807) is 11.0 Å². The predicted molar refractivity (Wildman–Crippen MR) is 105 cm³/mol. The summed E-state index contributed by atoms with van der Waals surface area (Å²) in [6.07, 6.45) is 1.45. The van der Waals surface area contributed by atoms with Crippen LogP contribution in [-0.4, -0.2) is 48.1 Å². The Hall–Kier alpha value is -3.42. The zero-order valence-electron chi connectivity index (χ0n) is 16.3. The number of likely N-dealkylation sites (tertiary alicyclic amines) is 1. The molecule has 1 amide bonds. The predicted octanol–water partition coefficient (Wildman–Crippen LogP) is 3.30. The van der Waals surface area contributed by atoms with Gasteiger partial charge in [-0.15, -0.1) is 0 Å². The Balaban J connectivity index is 1.21. The summed E-state index contributed by atoms with van der Waals surface area (Å²) in [5.41, 5.74) is 1.59. The Morgan fingerprint density at radius 2 is 1.80 bits per heavy atom. The van der Waals surface area contributed by atoms with Crippen LogP contribution in [-0.2, 0) is 14.3 Å². The van der Waals surface area contributed by atoms with Gasteiger partial charge in [0, 0.05) is 19.0 Å². The number of hydrogen-bond donors (Lipinski definition) is 0. The maximum atomic E-state index is 13.5. The van der Waals surface area contributed by atoms with Gasteiger partial charge >= 0.3 is 5.97 Å². The molecule has 0 bridgehead atoms. The number of carbonyl (C=O) groups is 2. The van der Waals surface area contributed by atoms with E-state index in [1.165, 1.54) is 18.2 Å². The molecule has 4 rings (SSSR count). The molecule has 0 spiro atoms. The van der Waals surface area contributed by atoms with Gasteiger partial charge in [-0.2, -0.15) is 0 Å². The number of piperidine rings is 1. The summed E-state index contributed by atoms with van der Waals surface area (Å²) in [5, 5.41) is 0. The fraction of sp³-hybridized carbons (Fsp3) is 0.318. The Kier molecular flexibility index (Phi) is 5.92. The second-order valence-corrected chi connectivity index (χ2v) is 7.05. The number of benzene rings is 2. The number of fused-ring (bicyclic) bond motifs is 1. The molecule has 0 aliphatic carbocycles. The van der Waals surface area contributed by atoms with Crippen LogP contribution in [0, 0.1) is 5.82 Å². The lowest BCUT2D eigenvalue weighted by atomic mass is 9.97. The summed E-state index contributed by atoms with van der Waals surface area (Å²) in [6.45, 7) is 0.234. The lowest BCUT2D eigenvalue weighted by molar-refractivity contribution is -0.154. The molecule has 0 saturated carbocycles. The van der Waals surface area contributed by atoms with Gasteiger partial charge in [0.2, 0.25) is 0 Å². The third-order valence-corrected chi connectivity index (χ3v) is 5.05. The summed E-state index contributed by atoms with van der Waals surface area (Å²) in [6, 6.07) is 13.4. The van der Waals surface area contributed by atoms with E-state index < -0.39 is 18.4 Å². The molecule has 1 saturated heterocycles. The number of rotatable bonds is 6. The van der Waals surface area contributed by atoms with Gasteiger partial charge in [-0.25, -0.2) is 14.2 Å². The Bertz CT molecular complexity index is 1010. The topological polar surface area (TPSA) is 81.9 Å². The van der Waals surface area contributed by atoms with Crippen molar-refractivity contribution in [2.24, 2.45) is 0 Å². The Labute approximate surface area is 172 Å². The van der Waals surface area contributed by atoms with Crippen molar-refractivity contribution in [3.8, 4) is 5.75 Å². The standard InChI is InChI=1S/C22H21FN2O5/c23-16-5-1-3-7-18(16)28-14-21(27)29-13-20(26)25-11-9-15(10-12-25)22-24-17-6-2-4-8-19(17)30-22/h1-8,15H,9-14H2. The molecule has 3 aromatic rings. The molecule has 30 heavy (non-hydrogen) atoms. The number of oxazole rings is 1. The van der Waals surface area contributed by atoms with E-state index in [0.29, 0.717) is 19.0 Å². The normalized spacial score (nSPS) is 14.6. The number of ether oxygens (including phenoxy) is 2. The molecular formula is C22H21FN2O5. The van der Waals surface area contributed by atoms with E-state index in [0.717, 1.165) is 23.9 Å². The molecule has 0 unspecified atom stereocenters. The molecule has 2 heterocycles. The van der Waals surface area contributed by atoms with E-state index in [2.05, 4.69) is 4.98 Å². The van der Waals surface area contributed by atoms with Gasteiger partial charge in [-0.05, 0) is 37.1 Å². The van der Waals surface area contributed by atoms with E-state index in [4.69, 9.17) is 13.9 Å². The van der Waals surface area contributed by atoms with Crippen LogP contribution in [0.3, 0.4) is 0 Å². The minimum atomic E-state index is -0.729. The summed E-state index contributed by atoms with van der Waals surface area (Å²) in [4.78, 5) is 30.3. The van der Waals surface area contributed by atoms with Crippen LogP contribution in [0.15, 0.2) is 52.9 Å². The average molecular weight is 412 g/mol. The molecule has 1 aliphatic rings. The Morgan fingerprint density at radius 3 is 2.57 bits per heavy atom. The van der Waals surface area contributed by atoms with Crippen LogP contribution < -0.4 is 4.74 Å². The van der Waals surface area contributed by atoms with Gasteiger partial charge in [0.15, 0.2) is 36.3 Å². The number of para-hydroxylation sites is 3. The molecular weight excluding hydrogens is 391 g/mol. The third-order valence-electron chi connectivity index (χ3n) is 5.05. The first-order valence-corrected chi connectivity index (χ1v) is 9.76. The summed E-state index contributed by atoms with van der Waals surface area (Å²) >= 11 is 0. The Morgan fingerprint density at radius 1 is 1.07 bits per heavy atom. The third kappa shape index (κ3) is 4.59. The van der Waals surface area contributed by atoms with E-state index >= 15 is 0 Å². The molecule has 1 fully saturated rings. The number of nitrogens with zero attached hydrogens (tertiary/aromatic N) is 2. The van der Waals surface area contributed by atoms with Gasteiger partial charge in [0.25, 0.3) is 5.91 Å². The highest BCUT2D eigenvalue weighted by molar-refractivity contribution is 5.81. The largest absolute Gasteiger partial charge is 0.479 e. The van der Waals surface area contributed by atoms with Gasteiger partial charge in [0.1, 0.15) is 5.52 Å². The molecule has 8 heteroatoms. The lowest BCUT2D eigenvalue weighted by Crippen LogP contribution is -2.40. The molecule has 1 aliphatic heterocycles. The lowest BCUT2D eigenvalue weighted by Gasteiger charge is -2.30. The number of hydrogen-bond acceptors (Lipinski definition) is 6. The smallest absolute Gasteiger partial charge is 0.344 e. The van der Waals surface area contributed by atoms with Crippen LogP contribution in [0.5, 0.6) is 5.75 Å². The van der Waals surface area contributed by atoms with Crippen molar-refractivity contribution >= 4 is 23.0 Å².